The molecule has 1 N–H and O–H groups in total. The van der Waals surface area contributed by atoms with Crippen LogP contribution >= 0.6 is 0 Å². The van der Waals surface area contributed by atoms with Crippen LogP contribution in [0.4, 0.5) is 4.39 Å². The van der Waals surface area contributed by atoms with E-state index in [0.717, 1.165) is 6.07 Å². The first kappa shape index (κ1) is 12.1. The Hall–Kier alpha value is -2.36. The lowest BCUT2D eigenvalue weighted by Crippen LogP contribution is -2.02. The van der Waals surface area contributed by atoms with Crippen LogP contribution in [0.15, 0.2) is 42.5 Å². The average molecular weight is 246 g/mol. The summed E-state index contributed by atoms with van der Waals surface area (Å²) >= 11 is 0. The molecular weight excluding hydrogens is 235 g/mol. The van der Waals surface area contributed by atoms with Crippen molar-refractivity contribution in [3.05, 3.63) is 53.8 Å². The number of carbonyl (C=O) groups is 1. The molecule has 0 heterocycles. The Balaban J connectivity index is 2.61. The molecule has 18 heavy (non-hydrogen) atoms. The summed E-state index contributed by atoms with van der Waals surface area (Å²) in [4.78, 5) is 10.9. The minimum Gasteiger partial charge on any atom is -0.496 e. The normalized spacial score (nSPS) is 10.1. The monoisotopic (exact) mass is 246 g/mol. The summed E-state index contributed by atoms with van der Waals surface area (Å²) in [5, 5.41) is 8.94. The lowest BCUT2D eigenvalue weighted by atomic mass is 10.0. The van der Waals surface area contributed by atoms with Gasteiger partial charge in [0.15, 0.2) is 0 Å². The van der Waals surface area contributed by atoms with E-state index in [1.54, 1.807) is 24.3 Å². The zero-order valence-electron chi connectivity index (χ0n) is 9.68. The van der Waals surface area contributed by atoms with E-state index in [0.29, 0.717) is 11.1 Å². The summed E-state index contributed by atoms with van der Waals surface area (Å²) in [6.45, 7) is 0. The van der Waals surface area contributed by atoms with Gasteiger partial charge in [0.1, 0.15) is 17.1 Å². The van der Waals surface area contributed by atoms with Gasteiger partial charge in [0, 0.05) is 5.56 Å². The SMILES string of the molecule is COc1cc(-c2ccccc2)c(F)cc1C(=O)O. The third kappa shape index (κ3) is 2.18. The van der Waals surface area contributed by atoms with Gasteiger partial charge in [0.05, 0.1) is 7.11 Å². The Labute approximate surface area is 103 Å². The van der Waals surface area contributed by atoms with Gasteiger partial charge >= 0.3 is 5.97 Å². The van der Waals surface area contributed by atoms with Crippen LogP contribution in [0.2, 0.25) is 0 Å². The number of benzene rings is 2. The van der Waals surface area contributed by atoms with Crippen molar-refractivity contribution in [3.63, 3.8) is 0 Å². The molecule has 0 spiro atoms. The molecule has 4 heteroatoms. The van der Waals surface area contributed by atoms with E-state index >= 15 is 0 Å². The van der Waals surface area contributed by atoms with E-state index in [9.17, 15) is 9.18 Å². The molecule has 0 aliphatic carbocycles. The fraction of sp³-hybridized carbons (Fsp3) is 0.0714. The number of carboxylic acids is 1. The molecule has 0 radical (unpaired) electrons. The summed E-state index contributed by atoms with van der Waals surface area (Å²) in [6.07, 6.45) is 0. The standard InChI is InChI=1S/C14H11FO3/c1-18-13-8-10(9-5-3-2-4-6-9)12(15)7-11(13)14(16)17/h2-8H,1H3,(H,16,17). The lowest BCUT2D eigenvalue weighted by Gasteiger charge is -2.09. The predicted molar refractivity (Wildman–Crippen MR) is 65.3 cm³/mol. The summed E-state index contributed by atoms with van der Waals surface area (Å²) in [7, 11) is 1.36. The van der Waals surface area contributed by atoms with Gasteiger partial charge in [-0.2, -0.15) is 0 Å². The molecule has 0 aliphatic heterocycles. The Kier molecular flexibility index (Phi) is 3.28. The van der Waals surface area contributed by atoms with E-state index in [1.165, 1.54) is 13.2 Å². The van der Waals surface area contributed by atoms with Crippen LogP contribution < -0.4 is 4.74 Å². The van der Waals surface area contributed by atoms with Gasteiger partial charge in [0.25, 0.3) is 0 Å². The highest BCUT2D eigenvalue weighted by Crippen LogP contribution is 2.30. The highest BCUT2D eigenvalue weighted by Gasteiger charge is 2.16. The van der Waals surface area contributed by atoms with E-state index in [4.69, 9.17) is 9.84 Å². The predicted octanol–water partition coefficient (Wildman–Crippen LogP) is 3.20. The Morgan fingerprint density at radius 3 is 2.44 bits per heavy atom. The first-order valence-corrected chi connectivity index (χ1v) is 5.29. The number of hydrogen-bond donors (Lipinski definition) is 1. The molecule has 0 saturated heterocycles. The molecular formula is C14H11FO3. The molecule has 92 valence electrons. The molecule has 2 aromatic carbocycles. The van der Waals surface area contributed by atoms with Crippen molar-refractivity contribution < 1.29 is 19.0 Å². The summed E-state index contributed by atoms with van der Waals surface area (Å²) in [6, 6.07) is 11.3. The van der Waals surface area contributed by atoms with Crippen LogP contribution in [0.5, 0.6) is 5.75 Å². The minimum atomic E-state index is -1.22. The zero-order valence-corrected chi connectivity index (χ0v) is 9.68. The van der Waals surface area contributed by atoms with Crippen LogP contribution in [-0.4, -0.2) is 18.2 Å². The Morgan fingerprint density at radius 2 is 1.89 bits per heavy atom. The van der Waals surface area contributed by atoms with E-state index in [1.807, 2.05) is 6.07 Å². The number of ether oxygens (including phenoxy) is 1. The van der Waals surface area contributed by atoms with Crippen LogP contribution in [0.25, 0.3) is 11.1 Å². The maximum Gasteiger partial charge on any atom is 0.339 e. The van der Waals surface area contributed by atoms with Crippen LogP contribution in [0.1, 0.15) is 10.4 Å². The highest BCUT2D eigenvalue weighted by molar-refractivity contribution is 5.92. The van der Waals surface area contributed by atoms with Gasteiger partial charge in [-0.15, -0.1) is 0 Å². The summed E-state index contributed by atoms with van der Waals surface area (Å²) in [5.74, 6) is -1.66. The molecule has 2 rings (SSSR count). The fourth-order valence-corrected chi connectivity index (χ4v) is 1.73. The van der Waals surface area contributed by atoms with E-state index in [2.05, 4.69) is 0 Å². The van der Waals surface area contributed by atoms with Gasteiger partial charge in [-0.3, -0.25) is 0 Å². The fourth-order valence-electron chi connectivity index (χ4n) is 1.73. The molecule has 0 unspecified atom stereocenters. The van der Waals surface area contributed by atoms with Gasteiger partial charge < -0.3 is 9.84 Å². The van der Waals surface area contributed by atoms with Gasteiger partial charge in [-0.05, 0) is 17.7 Å². The molecule has 0 fully saturated rings. The van der Waals surface area contributed by atoms with Gasteiger partial charge in [-0.25, -0.2) is 9.18 Å². The van der Waals surface area contributed by atoms with E-state index in [-0.39, 0.29) is 11.3 Å². The zero-order chi connectivity index (χ0) is 13.1. The van der Waals surface area contributed by atoms with Crippen molar-refractivity contribution in [1.29, 1.82) is 0 Å². The molecule has 0 amide bonds. The molecule has 2 aromatic rings. The number of carboxylic acid groups (broad SMARTS) is 1. The third-order valence-corrected chi connectivity index (χ3v) is 2.60. The quantitative estimate of drug-likeness (QED) is 0.904. The first-order valence-electron chi connectivity index (χ1n) is 5.29. The molecule has 0 aromatic heterocycles. The van der Waals surface area contributed by atoms with E-state index < -0.39 is 11.8 Å². The number of aromatic carboxylic acids is 1. The topological polar surface area (TPSA) is 46.5 Å². The number of rotatable bonds is 3. The molecule has 3 nitrogen and oxygen atoms in total. The Morgan fingerprint density at radius 1 is 1.22 bits per heavy atom. The van der Waals surface area contributed by atoms with Crippen molar-refractivity contribution >= 4 is 5.97 Å². The van der Waals surface area contributed by atoms with Crippen molar-refractivity contribution in [1.82, 2.24) is 0 Å². The smallest absolute Gasteiger partial charge is 0.339 e. The summed E-state index contributed by atoms with van der Waals surface area (Å²) < 4.78 is 18.9. The average Bonchev–Trinajstić information content (AvgIpc) is 2.39. The first-order chi connectivity index (χ1) is 8.63. The van der Waals surface area contributed by atoms with Crippen LogP contribution in [0, 0.1) is 5.82 Å². The number of hydrogen-bond acceptors (Lipinski definition) is 2. The summed E-state index contributed by atoms with van der Waals surface area (Å²) in [5.41, 5.74) is 0.803. The molecule has 0 aliphatic rings. The lowest BCUT2D eigenvalue weighted by molar-refractivity contribution is 0.0693. The second-order valence-electron chi connectivity index (χ2n) is 3.70. The Bertz CT molecular complexity index is 579. The number of halogens is 1. The van der Waals surface area contributed by atoms with Crippen molar-refractivity contribution in [2.24, 2.45) is 0 Å². The molecule has 0 bridgehead atoms. The second kappa shape index (κ2) is 4.87. The van der Waals surface area contributed by atoms with Gasteiger partial charge in [-0.1, -0.05) is 30.3 Å². The molecule has 0 saturated carbocycles. The van der Waals surface area contributed by atoms with Gasteiger partial charge in [0.2, 0.25) is 0 Å². The molecule has 0 atom stereocenters. The maximum absolute atomic E-state index is 13.9. The second-order valence-corrected chi connectivity index (χ2v) is 3.70. The van der Waals surface area contributed by atoms with Crippen LogP contribution in [0.3, 0.4) is 0 Å². The highest BCUT2D eigenvalue weighted by atomic mass is 19.1. The largest absolute Gasteiger partial charge is 0.496 e. The maximum atomic E-state index is 13.9. The van der Waals surface area contributed by atoms with Crippen molar-refractivity contribution in [2.45, 2.75) is 0 Å². The minimum absolute atomic E-state index is 0.141. The van der Waals surface area contributed by atoms with Crippen molar-refractivity contribution in [3.8, 4) is 16.9 Å². The van der Waals surface area contributed by atoms with Crippen molar-refractivity contribution in [2.75, 3.05) is 7.11 Å². The number of methoxy groups -OCH3 is 1. The van der Waals surface area contributed by atoms with Crippen LogP contribution in [-0.2, 0) is 0 Å². The third-order valence-electron chi connectivity index (χ3n) is 2.60.